The summed E-state index contributed by atoms with van der Waals surface area (Å²) < 4.78 is 1.89. The molecule has 0 N–H and O–H groups in total. The quantitative estimate of drug-likeness (QED) is 0.701. The van der Waals surface area contributed by atoms with E-state index in [9.17, 15) is 0 Å². The van der Waals surface area contributed by atoms with Gasteiger partial charge in [0.05, 0.1) is 15.8 Å². The molecule has 0 radical (unpaired) electrons. The standard InChI is InChI=1S/C10H3IN2S/c11-8-1-6(3-12)10-9(2-8)7(4-13)5-14-10/h1-2,5H. The van der Waals surface area contributed by atoms with Gasteiger partial charge in [-0.15, -0.1) is 11.3 Å². The Morgan fingerprint density at radius 2 is 1.86 bits per heavy atom. The molecule has 2 nitrogen and oxygen atoms in total. The van der Waals surface area contributed by atoms with Crippen LogP contribution in [0.15, 0.2) is 17.5 Å². The first-order valence-corrected chi connectivity index (χ1v) is 5.73. The summed E-state index contributed by atoms with van der Waals surface area (Å²) in [6.07, 6.45) is 0. The molecule has 0 saturated heterocycles. The Morgan fingerprint density at radius 1 is 1.14 bits per heavy atom. The fourth-order valence-electron chi connectivity index (χ4n) is 1.27. The van der Waals surface area contributed by atoms with Crippen LogP contribution in [0.1, 0.15) is 11.1 Å². The predicted octanol–water partition coefficient (Wildman–Crippen LogP) is 3.25. The highest BCUT2D eigenvalue weighted by Gasteiger charge is 2.08. The number of nitriles is 2. The maximum atomic E-state index is 8.91. The molecule has 0 amide bonds. The van der Waals surface area contributed by atoms with Gasteiger partial charge < -0.3 is 0 Å². The molecule has 1 aromatic heterocycles. The van der Waals surface area contributed by atoms with Gasteiger partial charge in [0, 0.05) is 14.3 Å². The first kappa shape index (κ1) is 9.45. The van der Waals surface area contributed by atoms with Gasteiger partial charge in [-0.05, 0) is 34.7 Å². The van der Waals surface area contributed by atoms with E-state index in [-0.39, 0.29) is 0 Å². The minimum atomic E-state index is 0.651. The van der Waals surface area contributed by atoms with Gasteiger partial charge in [0.2, 0.25) is 0 Å². The number of thiophene rings is 1. The van der Waals surface area contributed by atoms with E-state index in [1.54, 1.807) is 5.38 Å². The van der Waals surface area contributed by atoms with Crippen LogP contribution < -0.4 is 0 Å². The lowest BCUT2D eigenvalue weighted by Crippen LogP contribution is -1.79. The van der Waals surface area contributed by atoms with Gasteiger partial charge >= 0.3 is 0 Å². The minimum absolute atomic E-state index is 0.651. The molecule has 0 spiro atoms. The summed E-state index contributed by atoms with van der Waals surface area (Å²) >= 11 is 3.60. The molecule has 2 rings (SSSR count). The van der Waals surface area contributed by atoms with Gasteiger partial charge in [0.25, 0.3) is 0 Å². The van der Waals surface area contributed by atoms with Crippen molar-refractivity contribution in [2.45, 2.75) is 0 Å². The van der Waals surface area contributed by atoms with Crippen molar-refractivity contribution in [2.24, 2.45) is 0 Å². The minimum Gasteiger partial charge on any atom is -0.192 e. The second-order valence-electron chi connectivity index (χ2n) is 2.70. The summed E-state index contributed by atoms with van der Waals surface area (Å²) in [5, 5.41) is 20.4. The van der Waals surface area contributed by atoms with E-state index in [4.69, 9.17) is 10.5 Å². The molecule has 0 saturated carbocycles. The van der Waals surface area contributed by atoms with Crippen LogP contribution in [-0.2, 0) is 0 Å². The largest absolute Gasteiger partial charge is 0.192 e. The van der Waals surface area contributed by atoms with Crippen LogP contribution in [0.4, 0.5) is 0 Å². The van der Waals surface area contributed by atoms with E-state index in [1.807, 2.05) is 12.1 Å². The summed E-state index contributed by atoms with van der Waals surface area (Å²) in [6.45, 7) is 0. The Balaban J connectivity index is 2.94. The normalized spacial score (nSPS) is 9.64. The molecule has 14 heavy (non-hydrogen) atoms. The Bertz CT molecular complexity index is 586. The fourth-order valence-corrected chi connectivity index (χ4v) is 2.84. The molecule has 1 aromatic carbocycles. The molecule has 4 heteroatoms. The van der Waals surface area contributed by atoms with Crippen molar-refractivity contribution < 1.29 is 0 Å². The van der Waals surface area contributed by atoms with Crippen molar-refractivity contribution in [1.82, 2.24) is 0 Å². The molecule has 0 unspecified atom stereocenters. The Hall–Kier alpha value is -1.11. The summed E-state index contributed by atoms with van der Waals surface area (Å²) in [5.74, 6) is 0. The van der Waals surface area contributed by atoms with Crippen molar-refractivity contribution in [3.63, 3.8) is 0 Å². The van der Waals surface area contributed by atoms with Crippen molar-refractivity contribution in [3.8, 4) is 12.1 Å². The lowest BCUT2D eigenvalue weighted by Gasteiger charge is -1.95. The lowest BCUT2D eigenvalue weighted by molar-refractivity contribution is 1.50. The molecule has 0 atom stereocenters. The van der Waals surface area contributed by atoms with E-state index in [0.717, 1.165) is 13.7 Å². The maximum Gasteiger partial charge on any atom is 0.101 e. The highest BCUT2D eigenvalue weighted by molar-refractivity contribution is 14.1. The van der Waals surface area contributed by atoms with Crippen LogP contribution >= 0.6 is 33.9 Å². The predicted molar refractivity (Wildman–Crippen MR) is 64.0 cm³/mol. The van der Waals surface area contributed by atoms with Gasteiger partial charge in [-0.1, -0.05) is 0 Å². The number of nitrogens with zero attached hydrogens (tertiary/aromatic N) is 2. The number of fused-ring (bicyclic) bond motifs is 1. The number of hydrogen-bond acceptors (Lipinski definition) is 3. The Kier molecular flexibility index (Phi) is 2.40. The first-order chi connectivity index (χ1) is 6.76. The van der Waals surface area contributed by atoms with Crippen molar-refractivity contribution in [2.75, 3.05) is 0 Å². The van der Waals surface area contributed by atoms with Gasteiger partial charge in [-0.25, -0.2) is 0 Å². The highest BCUT2D eigenvalue weighted by atomic mass is 127. The first-order valence-electron chi connectivity index (χ1n) is 3.77. The zero-order valence-electron chi connectivity index (χ0n) is 6.91. The van der Waals surface area contributed by atoms with Crippen LogP contribution in [0.3, 0.4) is 0 Å². The van der Waals surface area contributed by atoms with E-state index in [0.29, 0.717) is 11.1 Å². The summed E-state index contributed by atoms with van der Waals surface area (Å²) in [5.41, 5.74) is 1.30. The lowest BCUT2D eigenvalue weighted by atomic mass is 10.1. The summed E-state index contributed by atoms with van der Waals surface area (Å²) in [4.78, 5) is 0. The topological polar surface area (TPSA) is 47.6 Å². The summed E-state index contributed by atoms with van der Waals surface area (Å²) in [6, 6.07) is 8.04. The third-order valence-electron chi connectivity index (χ3n) is 1.88. The molecule has 0 fully saturated rings. The average molecular weight is 310 g/mol. The monoisotopic (exact) mass is 310 g/mol. The molecule has 0 aliphatic rings. The van der Waals surface area contributed by atoms with Gasteiger partial charge in [0.1, 0.15) is 12.1 Å². The molecule has 0 aliphatic carbocycles. The fraction of sp³-hybridized carbons (Fsp3) is 0. The molecule has 0 bridgehead atoms. The smallest absolute Gasteiger partial charge is 0.101 e. The Labute approximate surface area is 98.5 Å². The van der Waals surface area contributed by atoms with Gasteiger partial charge in [0.15, 0.2) is 0 Å². The van der Waals surface area contributed by atoms with Crippen molar-refractivity contribution in [3.05, 3.63) is 32.2 Å². The van der Waals surface area contributed by atoms with E-state index in [2.05, 4.69) is 34.7 Å². The van der Waals surface area contributed by atoms with Crippen LogP contribution in [-0.4, -0.2) is 0 Å². The number of rotatable bonds is 0. The zero-order chi connectivity index (χ0) is 10.1. The number of benzene rings is 1. The molecular weight excluding hydrogens is 307 g/mol. The van der Waals surface area contributed by atoms with E-state index in [1.165, 1.54) is 11.3 Å². The third-order valence-corrected chi connectivity index (χ3v) is 3.53. The second-order valence-corrected chi connectivity index (χ2v) is 4.83. The Morgan fingerprint density at radius 3 is 2.50 bits per heavy atom. The van der Waals surface area contributed by atoms with E-state index >= 15 is 0 Å². The van der Waals surface area contributed by atoms with Crippen molar-refractivity contribution >= 4 is 44.0 Å². The van der Waals surface area contributed by atoms with Gasteiger partial charge in [-0.3, -0.25) is 0 Å². The second kappa shape index (κ2) is 3.56. The molecule has 0 aliphatic heterocycles. The SMILES string of the molecule is N#Cc1csc2c(C#N)cc(I)cc12. The maximum absolute atomic E-state index is 8.91. The highest BCUT2D eigenvalue weighted by Crippen LogP contribution is 2.30. The van der Waals surface area contributed by atoms with Crippen LogP contribution in [0, 0.1) is 26.2 Å². The third kappa shape index (κ3) is 1.37. The number of halogens is 1. The summed E-state index contributed by atoms with van der Waals surface area (Å²) in [7, 11) is 0. The van der Waals surface area contributed by atoms with Crippen LogP contribution in [0.5, 0.6) is 0 Å². The van der Waals surface area contributed by atoms with Crippen molar-refractivity contribution in [1.29, 1.82) is 10.5 Å². The molecule has 2 aromatic rings. The van der Waals surface area contributed by atoms with Gasteiger partial charge in [-0.2, -0.15) is 10.5 Å². The average Bonchev–Trinajstić information content (AvgIpc) is 2.59. The van der Waals surface area contributed by atoms with Crippen LogP contribution in [0.2, 0.25) is 0 Å². The zero-order valence-corrected chi connectivity index (χ0v) is 9.89. The molecule has 66 valence electrons. The molecular formula is C10H3IN2S. The van der Waals surface area contributed by atoms with Crippen LogP contribution in [0.25, 0.3) is 10.1 Å². The molecule has 1 heterocycles. The number of hydrogen-bond donors (Lipinski definition) is 0. The van der Waals surface area contributed by atoms with E-state index < -0.39 is 0 Å².